The predicted octanol–water partition coefficient (Wildman–Crippen LogP) is 4.40. The monoisotopic (exact) mass is 445 g/mol. The number of rotatable bonds is 2. The van der Waals surface area contributed by atoms with Gasteiger partial charge in [0.2, 0.25) is 0 Å². The fourth-order valence-corrected chi connectivity index (χ4v) is 5.09. The minimum Gasteiger partial charge on any atom is -0.361 e. The molecule has 2 amide bonds. The lowest BCUT2D eigenvalue weighted by Gasteiger charge is -2.14. The van der Waals surface area contributed by atoms with Gasteiger partial charge in [-0.25, -0.2) is 0 Å². The molecule has 0 spiro atoms. The summed E-state index contributed by atoms with van der Waals surface area (Å²) in [7, 11) is 0. The molecule has 2 aliphatic heterocycles. The Hall–Kier alpha value is -3.12. The van der Waals surface area contributed by atoms with Crippen LogP contribution in [0, 0.1) is 0 Å². The van der Waals surface area contributed by atoms with Crippen LogP contribution in [0.3, 0.4) is 0 Å². The molecule has 6 heteroatoms. The average molecular weight is 446 g/mol. The van der Waals surface area contributed by atoms with Gasteiger partial charge in [-0.15, -0.1) is 0 Å². The van der Waals surface area contributed by atoms with Crippen LogP contribution in [-0.2, 0) is 22.6 Å². The Morgan fingerprint density at radius 2 is 1.79 bits per heavy atom. The van der Waals surface area contributed by atoms with Gasteiger partial charge in [0, 0.05) is 50.8 Å². The van der Waals surface area contributed by atoms with Gasteiger partial charge in [0.05, 0.1) is 16.7 Å². The van der Waals surface area contributed by atoms with E-state index >= 15 is 0 Å². The molecule has 4 heterocycles. The Labute approximate surface area is 174 Å². The first-order valence-electron chi connectivity index (χ1n) is 9.60. The van der Waals surface area contributed by atoms with E-state index in [1.807, 2.05) is 42.7 Å². The second-order valence-electron chi connectivity index (χ2n) is 7.58. The Balaban J connectivity index is 1.68. The number of hydrogen-bond donors (Lipinski definition) is 2. The second kappa shape index (κ2) is 5.94. The van der Waals surface area contributed by atoms with Crippen LogP contribution >= 0.6 is 15.9 Å². The summed E-state index contributed by atoms with van der Waals surface area (Å²) in [6.07, 6.45) is 5.96. The van der Waals surface area contributed by atoms with Gasteiger partial charge < -0.3 is 9.55 Å². The van der Waals surface area contributed by atoms with Crippen molar-refractivity contribution in [3.63, 3.8) is 0 Å². The van der Waals surface area contributed by atoms with Crippen molar-refractivity contribution in [3.05, 3.63) is 70.0 Å². The molecular weight excluding hydrogens is 430 g/mol. The highest BCUT2D eigenvalue weighted by molar-refractivity contribution is 9.10. The standard InChI is InChI=1S/C23H16BrN3O2/c24-13-6-7-14-16(10-25-18(14)9-13)19-20(23(29)26-22(19)28)17-11-27-8-2-4-12-3-1-5-15(17)21(12)27/h1,3,5-7,9-11,25H,2,4,8H2,(H,26,28,29). The molecule has 5 nitrogen and oxygen atoms in total. The largest absolute Gasteiger partial charge is 0.361 e. The number of aromatic nitrogens is 2. The molecular formula is C23H16BrN3O2. The first-order valence-corrected chi connectivity index (χ1v) is 10.4. The highest BCUT2D eigenvalue weighted by atomic mass is 79.9. The van der Waals surface area contributed by atoms with Gasteiger partial charge in [0.25, 0.3) is 11.8 Å². The van der Waals surface area contributed by atoms with Crippen molar-refractivity contribution in [3.8, 4) is 0 Å². The lowest BCUT2D eigenvalue weighted by Crippen LogP contribution is -2.22. The molecule has 142 valence electrons. The van der Waals surface area contributed by atoms with E-state index in [0.29, 0.717) is 11.1 Å². The van der Waals surface area contributed by atoms with Crippen LogP contribution in [0.1, 0.15) is 23.1 Å². The molecule has 0 unspecified atom stereocenters. The van der Waals surface area contributed by atoms with E-state index in [2.05, 4.69) is 36.9 Å². The molecule has 0 saturated carbocycles. The highest BCUT2D eigenvalue weighted by Crippen LogP contribution is 2.40. The molecule has 0 radical (unpaired) electrons. The number of nitrogens with zero attached hydrogens (tertiary/aromatic N) is 1. The third-order valence-electron chi connectivity index (χ3n) is 5.94. The lowest BCUT2D eigenvalue weighted by atomic mass is 9.94. The van der Waals surface area contributed by atoms with Gasteiger partial charge >= 0.3 is 0 Å². The number of nitrogens with one attached hydrogen (secondary N) is 2. The molecule has 6 rings (SSSR count). The fraction of sp³-hybridized carbons (Fsp3) is 0.130. The van der Waals surface area contributed by atoms with E-state index in [9.17, 15) is 9.59 Å². The Kier molecular flexibility index (Phi) is 3.44. The highest BCUT2D eigenvalue weighted by Gasteiger charge is 2.35. The van der Waals surface area contributed by atoms with Crippen LogP contribution in [0.4, 0.5) is 0 Å². The number of halogens is 1. The van der Waals surface area contributed by atoms with Crippen LogP contribution in [0.2, 0.25) is 0 Å². The lowest BCUT2D eigenvalue weighted by molar-refractivity contribution is -0.122. The summed E-state index contributed by atoms with van der Waals surface area (Å²) in [5.74, 6) is -0.680. The molecule has 0 aliphatic carbocycles. The zero-order chi connectivity index (χ0) is 19.7. The third kappa shape index (κ3) is 2.32. The maximum absolute atomic E-state index is 12.9. The number of H-pyrrole nitrogens is 1. The number of para-hydroxylation sites is 1. The molecule has 2 aliphatic rings. The molecule has 4 aromatic rings. The van der Waals surface area contributed by atoms with Crippen molar-refractivity contribution in [2.45, 2.75) is 19.4 Å². The minimum atomic E-state index is -0.347. The number of hydrogen-bond acceptors (Lipinski definition) is 2. The molecule has 0 fully saturated rings. The van der Waals surface area contributed by atoms with Gasteiger partial charge in [0.1, 0.15) is 0 Å². The molecule has 0 atom stereocenters. The number of aryl methyl sites for hydroxylation is 2. The van der Waals surface area contributed by atoms with Crippen LogP contribution < -0.4 is 5.32 Å². The summed E-state index contributed by atoms with van der Waals surface area (Å²) >= 11 is 3.48. The van der Waals surface area contributed by atoms with Gasteiger partial charge in [-0.05, 0) is 30.5 Å². The quantitative estimate of drug-likeness (QED) is 0.449. The Bertz CT molecular complexity index is 1410. The predicted molar refractivity (Wildman–Crippen MR) is 116 cm³/mol. The molecule has 0 bridgehead atoms. The number of fused-ring (bicyclic) bond motifs is 1. The van der Waals surface area contributed by atoms with Gasteiger partial charge in [-0.1, -0.05) is 40.2 Å². The topological polar surface area (TPSA) is 66.9 Å². The smallest absolute Gasteiger partial charge is 0.259 e. The average Bonchev–Trinajstić information content (AvgIpc) is 3.36. The number of carbonyl (C=O) groups is 2. The SMILES string of the molecule is O=C1NC(=O)C(c2cn3c4c(cccc24)CCC3)=C1c1c[nH]c2cc(Br)ccc12. The van der Waals surface area contributed by atoms with Crippen LogP contribution in [0.25, 0.3) is 33.0 Å². The van der Waals surface area contributed by atoms with Crippen molar-refractivity contribution in [1.82, 2.24) is 14.9 Å². The first kappa shape index (κ1) is 16.8. The zero-order valence-corrected chi connectivity index (χ0v) is 17.0. The maximum Gasteiger partial charge on any atom is 0.259 e. The van der Waals surface area contributed by atoms with Crippen molar-refractivity contribution in [2.24, 2.45) is 0 Å². The van der Waals surface area contributed by atoms with E-state index in [0.717, 1.165) is 51.3 Å². The number of imide groups is 1. The summed E-state index contributed by atoms with van der Waals surface area (Å²) in [4.78, 5) is 29.0. The van der Waals surface area contributed by atoms with Crippen LogP contribution in [0.15, 0.2) is 53.3 Å². The van der Waals surface area contributed by atoms with Crippen molar-refractivity contribution < 1.29 is 9.59 Å². The van der Waals surface area contributed by atoms with Crippen LogP contribution in [-0.4, -0.2) is 21.4 Å². The minimum absolute atomic E-state index is 0.333. The van der Waals surface area contributed by atoms with E-state index in [1.165, 1.54) is 11.1 Å². The van der Waals surface area contributed by atoms with Crippen molar-refractivity contribution in [2.75, 3.05) is 0 Å². The van der Waals surface area contributed by atoms with E-state index in [4.69, 9.17) is 0 Å². The van der Waals surface area contributed by atoms with E-state index in [1.54, 1.807) is 0 Å². The zero-order valence-electron chi connectivity index (χ0n) is 15.4. The maximum atomic E-state index is 12.9. The summed E-state index contributed by atoms with van der Waals surface area (Å²) in [5.41, 5.74) is 5.86. The molecule has 2 aromatic carbocycles. The van der Waals surface area contributed by atoms with Crippen LogP contribution in [0.5, 0.6) is 0 Å². The van der Waals surface area contributed by atoms with E-state index < -0.39 is 0 Å². The molecule has 2 N–H and O–H groups in total. The molecule has 0 saturated heterocycles. The Morgan fingerprint density at radius 1 is 0.966 bits per heavy atom. The number of amides is 2. The number of aromatic amines is 1. The molecule has 29 heavy (non-hydrogen) atoms. The second-order valence-corrected chi connectivity index (χ2v) is 8.49. The summed E-state index contributed by atoms with van der Waals surface area (Å²) in [5, 5.41) is 4.46. The summed E-state index contributed by atoms with van der Waals surface area (Å²) in [6, 6.07) is 12.1. The Morgan fingerprint density at radius 3 is 2.66 bits per heavy atom. The summed E-state index contributed by atoms with van der Waals surface area (Å²) < 4.78 is 3.17. The van der Waals surface area contributed by atoms with Gasteiger partial charge in [-0.2, -0.15) is 0 Å². The number of benzene rings is 2. The third-order valence-corrected chi connectivity index (χ3v) is 6.43. The van der Waals surface area contributed by atoms with Crippen molar-refractivity contribution >= 4 is 60.7 Å². The van der Waals surface area contributed by atoms with Gasteiger partial charge in [0.15, 0.2) is 0 Å². The fourth-order valence-electron chi connectivity index (χ4n) is 4.73. The van der Waals surface area contributed by atoms with Gasteiger partial charge in [-0.3, -0.25) is 14.9 Å². The first-order chi connectivity index (χ1) is 14.1. The summed E-state index contributed by atoms with van der Waals surface area (Å²) in [6.45, 7) is 0.923. The van der Waals surface area contributed by atoms with Crippen molar-refractivity contribution in [1.29, 1.82) is 0 Å². The van der Waals surface area contributed by atoms with E-state index in [-0.39, 0.29) is 11.8 Å². The normalized spacial score (nSPS) is 16.3. The number of carbonyl (C=O) groups excluding carboxylic acids is 2. The molecule has 2 aromatic heterocycles.